The number of hydrogen-bond acceptors (Lipinski definition) is 3. The fraction of sp³-hybridized carbons (Fsp3) is 0. The Labute approximate surface area is 79.2 Å². The Kier molecular flexibility index (Phi) is 3.26. The number of benzene rings is 1. The van der Waals surface area contributed by atoms with Crippen molar-refractivity contribution in [1.29, 1.82) is 0 Å². The Bertz CT molecular complexity index is 322. The summed E-state index contributed by atoms with van der Waals surface area (Å²) >= 11 is 3.89. The van der Waals surface area contributed by atoms with E-state index in [1.54, 1.807) is 18.2 Å². The van der Waals surface area contributed by atoms with Crippen molar-refractivity contribution in [3.63, 3.8) is 0 Å². The Hall–Kier alpha value is 0.0700. The van der Waals surface area contributed by atoms with Gasteiger partial charge in [0.1, 0.15) is 0 Å². The predicted octanol–water partition coefficient (Wildman–Crippen LogP) is 1.43. The lowest BCUT2D eigenvalue weighted by Crippen LogP contribution is -2.05. The summed E-state index contributed by atoms with van der Waals surface area (Å²) in [6.07, 6.45) is 0. The molecule has 1 aromatic carbocycles. The molecule has 66 valence electrons. The molecule has 0 aliphatic carbocycles. The molecule has 0 atom stereocenters. The van der Waals surface area contributed by atoms with Gasteiger partial charge in [-0.2, -0.15) is 0 Å². The minimum atomic E-state index is -4.14. The molecule has 1 rings (SSSR count). The molecule has 0 aromatic heterocycles. The molecule has 6 heteroatoms. The van der Waals surface area contributed by atoms with Gasteiger partial charge in [0.25, 0.3) is 0 Å². The molecule has 0 unspecified atom stereocenters. The van der Waals surface area contributed by atoms with E-state index in [0.29, 0.717) is 4.90 Å². The third-order valence-electron chi connectivity index (χ3n) is 1.28. The van der Waals surface area contributed by atoms with Crippen LogP contribution in [0.15, 0.2) is 29.2 Å². The Morgan fingerprint density at radius 1 is 1.33 bits per heavy atom. The third-order valence-corrected chi connectivity index (χ3v) is 3.59. The highest BCUT2D eigenvalue weighted by Crippen LogP contribution is 2.37. The molecule has 0 aliphatic rings. The minimum absolute atomic E-state index is 0.0324. The first-order valence-electron chi connectivity index (χ1n) is 3.02. The van der Waals surface area contributed by atoms with Crippen LogP contribution >= 0.6 is 30.1 Å². The summed E-state index contributed by atoms with van der Waals surface area (Å²) in [5, 5.41) is 0.0324. The zero-order valence-corrected chi connectivity index (χ0v) is 8.52. The molecule has 0 aliphatic heterocycles. The molecule has 0 heterocycles. The van der Waals surface area contributed by atoms with Crippen molar-refractivity contribution < 1.29 is 14.4 Å². The van der Waals surface area contributed by atoms with Crippen LogP contribution < -0.4 is 5.30 Å². The van der Waals surface area contributed by atoms with Gasteiger partial charge in [-0.3, -0.25) is 4.57 Å². The van der Waals surface area contributed by atoms with Crippen LogP contribution in [0, 0.1) is 0 Å². The first-order chi connectivity index (χ1) is 5.55. The van der Waals surface area contributed by atoms with Gasteiger partial charge in [-0.05, 0) is 12.1 Å². The van der Waals surface area contributed by atoms with Gasteiger partial charge in [-0.1, -0.05) is 22.9 Å². The van der Waals surface area contributed by atoms with Crippen LogP contribution in [0.25, 0.3) is 0 Å². The zero-order valence-electron chi connectivity index (χ0n) is 5.91. The molecule has 1 aromatic rings. The fourth-order valence-corrected chi connectivity index (χ4v) is 2.91. The van der Waals surface area contributed by atoms with Crippen LogP contribution in [0.1, 0.15) is 0 Å². The van der Waals surface area contributed by atoms with E-state index in [4.69, 9.17) is 9.79 Å². The summed E-state index contributed by atoms with van der Waals surface area (Å²) in [6.45, 7) is 0. The summed E-state index contributed by atoms with van der Waals surface area (Å²) in [7, 11) is -3.12. The van der Waals surface area contributed by atoms with Crippen LogP contribution in [-0.4, -0.2) is 9.79 Å². The van der Waals surface area contributed by atoms with Crippen molar-refractivity contribution in [2.24, 2.45) is 0 Å². The van der Waals surface area contributed by atoms with E-state index in [1.807, 2.05) is 0 Å². The van der Waals surface area contributed by atoms with Gasteiger partial charge in [-0.15, -0.1) is 11.7 Å². The van der Waals surface area contributed by atoms with E-state index in [9.17, 15) is 4.57 Å². The molecule has 0 saturated carbocycles. The number of thiol groups is 1. The molecule has 0 fully saturated rings. The average molecular weight is 222 g/mol. The number of hydrogen-bond donors (Lipinski definition) is 3. The molecule has 0 bridgehead atoms. The molecule has 0 saturated heterocycles. The molecule has 0 spiro atoms. The molecule has 12 heavy (non-hydrogen) atoms. The van der Waals surface area contributed by atoms with Crippen molar-refractivity contribution in [3.8, 4) is 0 Å². The Morgan fingerprint density at radius 3 is 2.33 bits per heavy atom. The average Bonchev–Trinajstić information content (AvgIpc) is 2.03. The zero-order chi connectivity index (χ0) is 9.19. The summed E-state index contributed by atoms with van der Waals surface area (Å²) in [5.74, 6) is 0. The highest BCUT2D eigenvalue weighted by Gasteiger charge is 2.20. The summed E-state index contributed by atoms with van der Waals surface area (Å²) in [6, 6.07) is 6.31. The van der Waals surface area contributed by atoms with E-state index in [2.05, 4.69) is 11.7 Å². The van der Waals surface area contributed by atoms with Gasteiger partial charge >= 0.3 is 7.60 Å². The van der Waals surface area contributed by atoms with Crippen molar-refractivity contribution in [2.75, 3.05) is 0 Å². The summed E-state index contributed by atoms with van der Waals surface area (Å²) in [5.41, 5.74) is 0. The molecule has 0 amide bonds. The van der Waals surface area contributed by atoms with Gasteiger partial charge in [0.05, 0.1) is 5.30 Å². The smallest absolute Gasteiger partial charge is 0.321 e. The second-order valence-electron chi connectivity index (χ2n) is 2.10. The molecule has 3 nitrogen and oxygen atoms in total. The monoisotopic (exact) mass is 222 g/mol. The van der Waals surface area contributed by atoms with Crippen LogP contribution in [0.2, 0.25) is 0 Å². The lowest BCUT2D eigenvalue weighted by molar-refractivity contribution is 0.387. The van der Waals surface area contributed by atoms with Crippen LogP contribution in [-0.2, 0) is 4.57 Å². The molecular weight excluding hydrogens is 215 g/mol. The third kappa shape index (κ3) is 2.28. The first-order valence-corrected chi connectivity index (χ1v) is 6.50. The fourth-order valence-electron chi connectivity index (χ4n) is 0.775. The molecule has 2 N–H and O–H groups in total. The second kappa shape index (κ2) is 3.85. The normalized spacial score (nSPS) is 11.6. The summed E-state index contributed by atoms with van der Waals surface area (Å²) in [4.78, 5) is 18.2. The Morgan fingerprint density at radius 2 is 1.92 bits per heavy atom. The second-order valence-corrected chi connectivity index (χ2v) is 4.84. The van der Waals surface area contributed by atoms with Crippen molar-refractivity contribution in [1.82, 2.24) is 0 Å². The lowest BCUT2D eigenvalue weighted by atomic mass is 10.4. The van der Waals surface area contributed by atoms with Crippen molar-refractivity contribution in [3.05, 3.63) is 24.3 Å². The van der Waals surface area contributed by atoms with Crippen molar-refractivity contribution >= 4 is 35.4 Å². The van der Waals surface area contributed by atoms with E-state index in [-0.39, 0.29) is 5.30 Å². The highest BCUT2D eigenvalue weighted by atomic mass is 33.1. The predicted molar refractivity (Wildman–Crippen MR) is 53.0 cm³/mol. The number of rotatable bonds is 2. The SMILES string of the molecule is O=P(O)(O)c1ccccc1SS. The maximum Gasteiger partial charge on any atom is 0.357 e. The van der Waals surface area contributed by atoms with Gasteiger partial charge in [0.2, 0.25) is 0 Å². The standard InChI is InChI=1S/C6H7O3PS2/c7-10(8,9)5-3-1-2-4-6(5)12-11/h1-4,11H,(H2,7,8,9). The quantitative estimate of drug-likeness (QED) is 0.402. The van der Waals surface area contributed by atoms with Crippen LogP contribution in [0.4, 0.5) is 0 Å². The Balaban J connectivity index is 3.23. The van der Waals surface area contributed by atoms with Gasteiger partial charge in [0, 0.05) is 4.90 Å². The maximum absolute atomic E-state index is 10.9. The largest absolute Gasteiger partial charge is 0.357 e. The van der Waals surface area contributed by atoms with E-state index >= 15 is 0 Å². The lowest BCUT2D eigenvalue weighted by Gasteiger charge is -2.06. The highest BCUT2D eigenvalue weighted by molar-refractivity contribution is 8.68. The summed E-state index contributed by atoms with van der Waals surface area (Å²) < 4.78 is 10.9. The van der Waals surface area contributed by atoms with Gasteiger partial charge in [-0.25, -0.2) is 0 Å². The van der Waals surface area contributed by atoms with E-state index < -0.39 is 7.60 Å². The van der Waals surface area contributed by atoms with Crippen molar-refractivity contribution in [2.45, 2.75) is 4.90 Å². The van der Waals surface area contributed by atoms with Crippen LogP contribution in [0.3, 0.4) is 0 Å². The topological polar surface area (TPSA) is 57.5 Å². The van der Waals surface area contributed by atoms with E-state index in [0.717, 1.165) is 10.8 Å². The minimum Gasteiger partial charge on any atom is -0.321 e. The van der Waals surface area contributed by atoms with Crippen LogP contribution in [0.5, 0.6) is 0 Å². The molecular formula is C6H7O3PS2. The maximum atomic E-state index is 10.9. The van der Waals surface area contributed by atoms with Gasteiger partial charge < -0.3 is 9.79 Å². The van der Waals surface area contributed by atoms with E-state index in [1.165, 1.54) is 6.07 Å². The molecule has 0 radical (unpaired) electrons. The van der Waals surface area contributed by atoms with Gasteiger partial charge in [0.15, 0.2) is 0 Å². The first kappa shape index (κ1) is 10.2.